The van der Waals surface area contributed by atoms with Crippen molar-refractivity contribution in [1.29, 1.82) is 0 Å². The molecule has 0 saturated carbocycles. The zero-order valence-electron chi connectivity index (χ0n) is 39.6. The smallest absolute Gasteiger partial charge is 0.327 e. The van der Waals surface area contributed by atoms with E-state index < -0.39 is 25.6 Å². The van der Waals surface area contributed by atoms with E-state index >= 15 is 0 Å². The zero-order chi connectivity index (χ0) is 45.1. The van der Waals surface area contributed by atoms with Crippen LogP contribution in [0.5, 0.6) is 0 Å². The number of hydrogen-bond acceptors (Lipinski definition) is 9. The number of rotatable bonds is 44. The fraction of sp³-hybridized carbons (Fsp3) is 0.837. The van der Waals surface area contributed by atoms with E-state index in [-0.39, 0.29) is 57.0 Å². The molecule has 0 aliphatic carbocycles. The van der Waals surface area contributed by atoms with Gasteiger partial charge in [0.25, 0.3) is 0 Å². The maximum Gasteiger partial charge on any atom is 0.327 e. The van der Waals surface area contributed by atoms with Crippen LogP contribution >= 0.6 is 7.60 Å². The molecule has 0 aromatic heterocycles. The Morgan fingerprint density at radius 3 is 1.64 bits per heavy atom. The molecule has 0 bridgehead atoms. The first kappa shape index (κ1) is 58.5. The summed E-state index contributed by atoms with van der Waals surface area (Å²) in [7, 11) is -2.03. The van der Waals surface area contributed by atoms with Crippen LogP contribution < -0.4 is 10.6 Å². The fourth-order valence-corrected chi connectivity index (χ4v) is 7.75. The average molecular weight is 883 g/mol. The van der Waals surface area contributed by atoms with E-state index in [1.54, 1.807) is 7.05 Å². The molecule has 0 aliphatic rings. The van der Waals surface area contributed by atoms with E-state index in [2.05, 4.69) is 49.6 Å². The Kier molecular flexibility index (Phi) is 41.0. The number of carbonyl (C=O) groups is 4. The minimum Gasteiger partial charge on any atom is -0.461 e. The first-order valence-corrected chi connectivity index (χ1v) is 26.6. The predicted octanol–water partition coefficient (Wildman–Crippen LogP) is 12.7. The van der Waals surface area contributed by atoms with E-state index in [0.717, 1.165) is 70.6 Å². The van der Waals surface area contributed by atoms with Crippen molar-refractivity contribution in [2.24, 2.45) is 5.92 Å². The van der Waals surface area contributed by atoms with E-state index in [0.29, 0.717) is 32.1 Å². The lowest BCUT2D eigenvalue weighted by atomic mass is 9.99. The first-order valence-electron chi connectivity index (χ1n) is 24.6. The average Bonchev–Trinajstić information content (AvgIpc) is 3.24. The van der Waals surface area contributed by atoms with Crippen LogP contribution in [0.3, 0.4) is 0 Å². The Morgan fingerprint density at radius 1 is 0.574 bits per heavy atom. The summed E-state index contributed by atoms with van der Waals surface area (Å²) in [6.45, 7) is 7.55. The number of allylic oxidation sites excluding steroid dienone is 3. The van der Waals surface area contributed by atoms with Gasteiger partial charge in [-0.3, -0.25) is 23.7 Å². The van der Waals surface area contributed by atoms with Crippen LogP contribution in [-0.4, -0.2) is 69.9 Å². The summed E-state index contributed by atoms with van der Waals surface area (Å²) in [5.41, 5.74) is 0. The Balaban J connectivity index is 5.10. The number of nitrogens with one attached hydrogen (secondary N) is 2. The molecule has 0 fully saturated rings. The van der Waals surface area contributed by atoms with Crippen molar-refractivity contribution in [3.63, 3.8) is 0 Å². The van der Waals surface area contributed by atoms with Crippen molar-refractivity contribution < 1.29 is 42.3 Å². The number of carbonyl (C=O) groups excluding carboxylic acids is 4. The monoisotopic (exact) mass is 883 g/mol. The second kappa shape index (κ2) is 42.8. The second-order valence-corrected chi connectivity index (χ2v) is 18.7. The molecule has 0 aromatic carbocycles. The largest absolute Gasteiger partial charge is 0.461 e. The third kappa shape index (κ3) is 40.1. The van der Waals surface area contributed by atoms with Gasteiger partial charge in [0.1, 0.15) is 6.61 Å². The SMILES string of the molecule is CCCCCCCC/C=C\CCCCCCCC(=O)O[C@H](COC(=O)C(/C=C/CCCCCCCC)CCCCCC)COP(C)(=O)OCCNC(=O)CCCCC(=O)NC. The number of unbranched alkanes of at least 4 members (excludes halogenated alkanes) is 21. The highest BCUT2D eigenvalue weighted by molar-refractivity contribution is 7.52. The topological polar surface area (TPSA) is 146 Å². The number of hydrogen-bond donors (Lipinski definition) is 2. The van der Waals surface area contributed by atoms with Crippen molar-refractivity contribution in [2.75, 3.05) is 40.1 Å². The normalized spacial score (nSPS) is 13.6. The second-order valence-electron chi connectivity index (χ2n) is 16.6. The Labute approximate surface area is 373 Å². The van der Waals surface area contributed by atoms with Crippen LogP contribution in [0.15, 0.2) is 24.3 Å². The number of amides is 2. The predicted molar refractivity (Wildman–Crippen MR) is 251 cm³/mol. The molecule has 0 rings (SSSR count). The lowest BCUT2D eigenvalue weighted by Crippen LogP contribution is -2.31. The number of ether oxygens (including phenoxy) is 2. The van der Waals surface area contributed by atoms with Gasteiger partial charge in [0, 0.05) is 39.5 Å². The summed E-state index contributed by atoms with van der Waals surface area (Å²) in [6.07, 6.45) is 38.0. The van der Waals surface area contributed by atoms with Gasteiger partial charge in [-0.1, -0.05) is 154 Å². The summed E-state index contributed by atoms with van der Waals surface area (Å²) < 4.78 is 35.9. The van der Waals surface area contributed by atoms with E-state index in [1.807, 2.05) is 6.08 Å². The molecule has 356 valence electrons. The molecule has 11 nitrogen and oxygen atoms in total. The third-order valence-electron chi connectivity index (χ3n) is 10.7. The molecule has 0 aliphatic heterocycles. The molecule has 0 radical (unpaired) electrons. The van der Waals surface area contributed by atoms with Crippen molar-refractivity contribution in [2.45, 2.75) is 219 Å². The molecule has 2 unspecified atom stereocenters. The van der Waals surface area contributed by atoms with Crippen LogP contribution in [0.2, 0.25) is 0 Å². The van der Waals surface area contributed by atoms with Crippen LogP contribution in [0.4, 0.5) is 0 Å². The van der Waals surface area contributed by atoms with E-state index in [4.69, 9.17) is 18.5 Å². The zero-order valence-corrected chi connectivity index (χ0v) is 40.5. The van der Waals surface area contributed by atoms with Gasteiger partial charge >= 0.3 is 19.5 Å². The molecule has 2 N–H and O–H groups in total. The quantitative estimate of drug-likeness (QED) is 0.0264. The van der Waals surface area contributed by atoms with Gasteiger partial charge in [0.05, 0.1) is 19.1 Å². The van der Waals surface area contributed by atoms with Crippen molar-refractivity contribution >= 4 is 31.3 Å². The molecule has 0 heterocycles. The number of esters is 2. The van der Waals surface area contributed by atoms with Crippen LogP contribution in [0.25, 0.3) is 0 Å². The summed E-state index contributed by atoms with van der Waals surface area (Å²) in [5.74, 6) is -1.42. The lowest BCUT2D eigenvalue weighted by molar-refractivity contribution is -0.162. The molecular weight excluding hydrogens is 792 g/mol. The molecular formula is C49H91N2O9P. The van der Waals surface area contributed by atoms with Crippen molar-refractivity contribution in [3.05, 3.63) is 24.3 Å². The van der Waals surface area contributed by atoms with E-state index in [1.165, 1.54) is 83.7 Å². The summed E-state index contributed by atoms with van der Waals surface area (Å²) >= 11 is 0. The molecule has 61 heavy (non-hydrogen) atoms. The third-order valence-corrected chi connectivity index (χ3v) is 12.0. The Bertz CT molecular complexity index is 1190. The van der Waals surface area contributed by atoms with Gasteiger partial charge in [-0.2, -0.15) is 0 Å². The first-order chi connectivity index (χ1) is 29.6. The Hall–Kier alpha value is -2.49. The molecule has 0 saturated heterocycles. The van der Waals surface area contributed by atoms with Gasteiger partial charge in [0.2, 0.25) is 11.8 Å². The summed E-state index contributed by atoms with van der Waals surface area (Å²) in [6, 6.07) is 0. The van der Waals surface area contributed by atoms with Crippen molar-refractivity contribution in [3.8, 4) is 0 Å². The van der Waals surface area contributed by atoms with Gasteiger partial charge in [0.15, 0.2) is 6.10 Å². The highest BCUT2D eigenvalue weighted by atomic mass is 31.2. The lowest BCUT2D eigenvalue weighted by Gasteiger charge is -2.22. The summed E-state index contributed by atoms with van der Waals surface area (Å²) in [5, 5.41) is 5.28. The van der Waals surface area contributed by atoms with Crippen LogP contribution in [-0.2, 0) is 42.3 Å². The molecule has 3 atom stereocenters. The minimum atomic E-state index is -3.61. The van der Waals surface area contributed by atoms with E-state index in [9.17, 15) is 23.7 Å². The Morgan fingerprint density at radius 2 is 1.07 bits per heavy atom. The highest BCUT2D eigenvalue weighted by Gasteiger charge is 2.25. The van der Waals surface area contributed by atoms with Gasteiger partial charge in [-0.05, 0) is 64.2 Å². The van der Waals surface area contributed by atoms with Crippen LogP contribution in [0, 0.1) is 5.92 Å². The maximum absolute atomic E-state index is 13.4. The minimum absolute atomic E-state index is 0.0442. The van der Waals surface area contributed by atoms with Crippen LogP contribution in [0.1, 0.15) is 213 Å². The molecule has 12 heteroatoms. The highest BCUT2D eigenvalue weighted by Crippen LogP contribution is 2.43. The van der Waals surface area contributed by atoms with Gasteiger partial charge in [-0.15, -0.1) is 0 Å². The fourth-order valence-electron chi connectivity index (χ4n) is 6.81. The molecule has 0 spiro atoms. The molecule has 0 aromatic rings. The van der Waals surface area contributed by atoms with Gasteiger partial charge < -0.3 is 29.2 Å². The molecule has 2 amide bonds. The summed E-state index contributed by atoms with van der Waals surface area (Å²) in [4.78, 5) is 49.9. The van der Waals surface area contributed by atoms with Crippen molar-refractivity contribution in [1.82, 2.24) is 10.6 Å². The standard InChI is InChI=1S/C49H91N2O9P/c1-6-9-12-15-17-19-20-21-22-23-24-25-27-29-32-39-48(54)60-45(43-59-61(5,56)58-41-40-51-47(53)38-34-33-37-46(52)50-4)42-57-49(55)44(35-30-14-11-8-3)36-31-28-26-18-16-13-10-7-2/h21-22,31,36,44-45H,6-20,23-30,32-35,37-43H2,1-5H3,(H,50,52)(H,51,53)/b22-21-,36-31+/t44?,45-,61?/m1/s1. The maximum atomic E-state index is 13.4. The van der Waals surface area contributed by atoms with Gasteiger partial charge in [-0.25, -0.2) is 0 Å².